The van der Waals surface area contributed by atoms with Crippen molar-refractivity contribution >= 4 is 21.1 Å². The van der Waals surface area contributed by atoms with Gasteiger partial charge in [-0.2, -0.15) is 5.26 Å². The molecule has 0 unspecified atom stereocenters. The Morgan fingerprint density at radius 3 is 2.62 bits per heavy atom. The lowest BCUT2D eigenvalue weighted by atomic mass is 10.2. The summed E-state index contributed by atoms with van der Waals surface area (Å²) in [7, 11) is -3.72. The molecule has 0 fully saturated rings. The van der Waals surface area contributed by atoms with E-state index in [1.165, 1.54) is 24.5 Å². The molecular weight excluding hydrogens is 286 g/mol. The van der Waals surface area contributed by atoms with E-state index in [0.717, 1.165) is 3.97 Å². The first-order valence-corrected chi connectivity index (χ1v) is 7.71. The van der Waals surface area contributed by atoms with Gasteiger partial charge in [-0.05, 0) is 29.8 Å². The molecule has 0 radical (unpaired) electrons. The molecule has 3 aromatic rings. The van der Waals surface area contributed by atoms with E-state index in [2.05, 4.69) is 4.98 Å². The second-order valence-corrected chi connectivity index (χ2v) is 6.29. The largest absolute Gasteiger partial charge is 0.269 e. The predicted octanol–water partition coefficient (Wildman–Crippen LogP) is 2.34. The summed E-state index contributed by atoms with van der Waals surface area (Å²) >= 11 is 0. The molecule has 0 amide bonds. The van der Waals surface area contributed by atoms with Gasteiger partial charge in [-0.15, -0.1) is 0 Å². The molecule has 104 valence electrons. The van der Waals surface area contributed by atoms with Crippen molar-refractivity contribution in [1.82, 2.24) is 8.96 Å². The molecule has 0 spiro atoms. The molecule has 0 saturated carbocycles. The molecule has 0 aliphatic rings. The minimum atomic E-state index is -3.72. The Morgan fingerprint density at radius 2 is 1.90 bits per heavy atom. The van der Waals surface area contributed by atoms with Crippen LogP contribution in [0.1, 0.15) is 5.56 Å². The molecule has 3 rings (SSSR count). The topological polar surface area (TPSA) is 75.8 Å². The lowest BCUT2D eigenvalue weighted by molar-refractivity contribution is 0.588. The third kappa shape index (κ3) is 2.18. The standard InChI is InChI=1S/C15H11N3O2S/c16-9-8-12-11-18(15-14(12)7-4-10-17-15)21(19,20)13-5-2-1-3-6-13/h1-7,10-11H,8H2. The summed E-state index contributed by atoms with van der Waals surface area (Å²) in [5, 5.41) is 9.56. The molecule has 0 N–H and O–H groups in total. The van der Waals surface area contributed by atoms with Gasteiger partial charge in [0.25, 0.3) is 10.0 Å². The Hall–Kier alpha value is -2.65. The maximum Gasteiger partial charge on any atom is 0.269 e. The van der Waals surface area contributed by atoms with Gasteiger partial charge in [-0.3, -0.25) is 0 Å². The summed E-state index contributed by atoms with van der Waals surface area (Å²) in [5.41, 5.74) is 0.992. The van der Waals surface area contributed by atoms with Crippen LogP contribution in [0.4, 0.5) is 0 Å². The molecule has 0 aliphatic heterocycles. The van der Waals surface area contributed by atoms with Gasteiger partial charge in [0.05, 0.1) is 17.4 Å². The molecule has 2 aromatic heterocycles. The van der Waals surface area contributed by atoms with E-state index < -0.39 is 10.0 Å². The third-order valence-electron chi connectivity index (χ3n) is 3.18. The number of fused-ring (bicyclic) bond motifs is 1. The molecule has 0 atom stereocenters. The van der Waals surface area contributed by atoms with Crippen LogP contribution in [0.15, 0.2) is 59.8 Å². The van der Waals surface area contributed by atoms with Crippen molar-refractivity contribution in [3.8, 4) is 6.07 Å². The summed E-state index contributed by atoms with van der Waals surface area (Å²) in [6, 6.07) is 13.7. The molecule has 0 aliphatic carbocycles. The van der Waals surface area contributed by atoms with Gasteiger partial charge in [0.2, 0.25) is 0 Å². The van der Waals surface area contributed by atoms with Gasteiger partial charge < -0.3 is 0 Å². The Morgan fingerprint density at radius 1 is 1.14 bits per heavy atom. The van der Waals surface area contributed by atoms with Crippen molar-refractivity contribution in [1.29, 1.82) is 5.26 Å². The predicted molar refractivity (Wildman–Crippen MR) is 78.1 cm³/mol. The smallest absolute Gasteiger partial charge is 0.237 e. The average Bonchev–Trinajstić information content (AvgIpc) is 2.88. The zero-order chi connectivity index (χ0) is 14.9. The highest BCUT2D eigenvalue weighted by atomic mass is 32.2. The zero-order valence-corrected chi connectivity index (χ0v) is 11.8. The highest BCUT2D eigenvalue weighted by Crippen LogP contribution is 2.24. The monoisotopic (exact) mass is 297 g/mol. The highest BCUT2D eigenvalue weighted by Gasteiger charge is 2.21. The van der Waals surface area contributed by atoms with Crippen LogP contribution in [0.25, 0.3) is 11.0 Å². The summed E-state index contributed by atoms with van der Waals surface area (Å²) in [5.74, 6) is 0. The quantitative estimate of drug-likeness (QED) is 0.743. The average molecular weight is 297 g/mol. The van der Waals surface area contributed by atoms with E-state index in [1.807, 2.05) is 6.07 Å². The molecule has 1 aromatic carbocycles. The van der Waals surface area contributed by atoms with E-state index in [1.54, 1.807) is 30.3 Å². The summed E-state index contributed by atoms with van der Waals surface area (Å²) in [6.07, 6.45) is 3.15. The second kappa shape index (κ2) is 5.04. The molecule has 21 heavy (non-hydrogen) atoms. The van der Waals surface area contributed by atoms with Crippen LogP contribution >= 0.6 is 0 Å². The van der Waals surface area contributed by atoms with Gasteiger partial charge in [0.1, 0.15) is 0 Å². The fourth-order valence-electron chi connectivity index (χ4n) is 2.21. The molecule has 5 nitrogen and oxygen atoms in total. The van der Waals surface area contributed by atoms with Crippen molar-refractivity contribution in [2.24, 2.45) is 0 Å². The van der Waals surface area contributed by atoms with Crippen molar-refractivity contribution in [2.75, 3.05) is 0 Å². The number of nitrogens with zero attached hydrogens (tertiary/aromatic N) is 3. The number of rotatable bonds is 3. The first-order valence-electron chi connectivity index (χ1n) is 6.27. The van der Waals surface area contributed by atoms with E-state index >= 15 is 0 Å². The van der Waals surface area contributed by atoms with Crippen LogP contribution in [0.3, 0.4) is 0 Å². The number of nitriles is 1. The summed E-state index contributed by atoms with van der Waals surface area (Å²) in [6.45, 7) is 0. The van der Waals surface area contributed by atoms with Gasteiger partial charge in [-0.1, -0.05) is 18.2 Å². The minimum absolute atomic E-state index is 0.138. The van der Waals surface area contributed by atoms with Gasteiger partial charge in [0, 0.05) is 17.8 Å². The minimum Gasteiger partial charge on any atom is -0.237 e. The molecule has 6 heteroatoms. The van der Waals surface area contributed by atoms with Crippen LogP contribution in [-0.4, -0.2) is 17.4 Å². The summed E-state index contributed by atoms with van der Waals surface area (Å²) < 4.78 is 26.6. The highest BCUT2D eigenvalue weighted by molar-refractivity contribution is 7.90. The second-order valence-electron chi connectivity index (χ2n) is 4.48. The Kier molecular flexibility index (Phi) is 3.20. The first kappa shape index (κ1) is 13.3. The van der Waals surface area contributed by atoms with E-state index in [-0.39, 0.29) is 11.3 Å². The number of benzene rings is 1. The van der Waals surface area contributed by atoms with Crippen molar-refractivity contribution in [3.63, 3.8) is 0 Å². The Labute approximate surface area is 122 Å². The fraction of sp³-hybridized carbons (Fsp3) is 0.0667. The van der Waals surface area contributed by atoms with Crippen molar-refractivity contribution in [3.05, 3.63) is 60.4 Å². The van der Waals surface area contributed by atoms with Crippen molar-refractivity contribution in [2.45, 2.75) is 11.3 Å². The van der Waals surface area contributed by atoms with Crippen LogP contribution in [0, 0.1) is 11.3 Å². The Balaban J connectivity index is 2.29. The fourth-order valence-corrected chi connectivity index (χ4v) is 3.58. The van der Waals surface area contributed by atoms with Gasteiger partial charge in [-0.25, -0.2) is 17.4 Å². The lowest BCUT2D eigenvalue weighted by Gasteiger charge is -2.06. The maximum absolute atomic E-state index is 12.7. The Bertz CT molecular complexity index is 938. The number of aromatic nitrogens is 2. The summed E-state index contributed by atoms with van der Waals surface area (Å²) in [4.78, 5) is 4.34. The van der Waals surface area contributed by atoms with Crippen LogP contribution in [0.2, 0.25) is 0 Å². The van der Waals surface area contributed by atoms with E-state index in [9.17, 15) is 8.42 Å². The van der Waals surface area contributed by atoms with E-state index in [4.69, 9.17) is 5.26 Å². The normalized spacial score (nSPS) is 11.4. The SMILES string of the molecule is N#CCc1cn(S(=O)(=O)c2ccccc2)c2ncccc12. The third-order valence-corrected chi connectivity index (χ3v) is 4.85. The van der Waals surface area contributed by atoms with Gasteiger partial charge in [0.15, 0.2) is 5.65 Å². The maximum atomic E-state index is 12.7. The number of hydrogen-bond donors (Lipinski definition) is 0. The molecule has 0 bridgehead atoms. The number of hydrogen-bond acceptors (Lipinski definition) is 4. The van der Waals surface area contributed by atoms with Gasteiger partial charge >= 0.3 is 0 Å². The first-order chi connectivity index (χ1) is 10.1. The number of pyridine rings is 1. The zero-order valence-electron chi connectivity index (χ0n) is 11.0. The van der Waals surface area contributed by atoms with Crippen LogP contribution < -0.4 is 0 Å². The van der Waals surface area contributed by atoms with Crippen LogP contribution in [-0.2, 0) is 16.4 Å². The molecule has 2 heterocycles. The van der Waals surface area contributed by atoms with E-state index in [0.29, 0.717) is 16.6 Å². The lowest BCUT2D eigenvalue weighted by Crippen LogP contribution is -2.12. The molecule has 0 saturated heterocycles. The molecular formula is C15H11N3O2S. The van der Waals surface area contributed by atoms with Crippen molar-refractivity contribution < 1.29 is 8.42 Å². The van der Waals surface area contributed by atoms with Crippen LogP contribution in [0.5, 0.6) is 0 Å².